The highest BCUT2D eigenvalue weighted by atomic mass is 35.5. The van der Waals surface area contributed by atoms with Crippen molar-refractivity contribution in [3.63, 3.8) is 0 Å². The largest absolute Gasteiger partial charge is 0.494 e. The summed E-state index contributed by atoms with van der Waals surface area (Å²) in [6, 6.07) is 9.50. The smallest absolute Gasteiger partial charge is 0.323 e. The molecule has 116 valence electrons. The van der Waals surface area contributed by atoms with Crippen molar-refractivity contribution in [2.45, 2.75) is 0 Å². The van der Waals surface area contributed by atoms with Crippen molar-refractivity contribution < 1.29 is 14.3 Å². The molecule has 0 aliphatic heterocycles. The minimum atomic E-state index is -0.480. The van der Waals surface area contributed by atoms with Gasteiger partial charge in [0.15, 0.2) is 0 Å². The number of urea groups is 1. The Morgan fingerprint density at radius 2 is 1.64 bits per heavy atom. The van der Waals surface area contributed by atoms with E-state index >= 15 is 0 Å². The molecule has 0 unspecified atom stereocenters. The first-order valence-electron chi connectivity index (χ1n) is 6.29. The molecule has 0 radical (unpaired) electrons. The lowest BCUT2D eigenvalue weighted by Gasteiger charge is -2.15. The third-order valence-corrected chi connectivity index (χ3v) is 3.39. The third-order valence-electron chi connectivity index (χ3n) is 2.85. The molecule has 0 aliphatic carbocycles. The Hall–Kier alpha value is -2.11. The number of hydrogen-bond acceptors (Lipinski definition) is 3. The number of benzene rings is 2. The average molecular weight is 341 g/mol. The maximum atomic E-state index is 12.1. The summed E-state index contributed by atoms with van der Waals surface area (Å²) in [6.45, 7) is 0. The van der Waals surface area contributed by atoms with E-state index in [0.29, 0.717) is 32.9 Å². The summed E-state index contributed by atoms with van der Waals surface area (Å²) in [5.41, 5.74) is 0.868. The molecule has 0 heterocycles. The maximum absolute atomic E-state index is 12.1. The number of rotatable bonds is 4. The molecule has 0 atom stereocenters. The van der Waals surface area contributed by atoms with Crippen LogP contribution in [0.1, 0.15) is 0 Å². The minimum absolute atomic E-state index is 0.342. The van der Waals surface area contributed by atoms with E-state index in [-0.39, 0.29) is 0 Å². The van der Waals surface area contributed by atoms with Crippen LogP contribution < -0.4 is 20.1 Å². The molecule has 2 N–H and O–H groups in total. The number of amides is 2. The summed E-state index contributed by atoms with van der Waals surface area (Å²) >= 11 is 11.8. The second-order valence-corrected chi connectivity index (χ2v) is 5.08. The lowest BCUT2D eigenvalue weighted by Crippen LogP contribution is -2.20. The Bertz CT molecular complexity index is 670. The average Bonchev–Trinajstić information content (AvgIpc) is 2.50. The van der Waals surface area contributed by atoms with Crippen LogP contribution in [0.4, 0.5) is 16.2 Å². The van der Waals surface area contributed by atoms with Crippen LogP contribution >= 0.6 is 23.2 Å². The van der Waals surface area contributed by atoms with Crippen molar-refractivity contribution in [3.8, 4) is 11.5 Å². The molecule has 2 aromatic carbocycles. The van der Waals surface area contributed by atoms with E-state index in [4.69, 9.17) is 32.7 Å². The van der Waals surface area contributed by atoms with Crippen LogP contribution in [0.3, 0.4) is 0 Å². The van der Waals surface area contributed by atoms with E-state index in [2.05, 4.69) is 10.6 Å². The van der Waals surface area contributed by atoms with Crippen LogP contribution in [-0.2, 0) is 0 Å². The highest BCUT2D eigenvalue weighted by Crippen LogP contribution is 2.34. The number of hydrogen-bond donors (Lipinski definition) is 2. The first kappa shape index (κ1) is 16.3. The molecule has 2 rings (SSSR count). The molecule has 2 aromatic rings. The van der Waals surface area contributed by atoms with Crippen LogP contribution in [0.25, 0.3) is 0 Å². The zero-order chi connectivity index (χ0) is 16.1. The van der Waals surface area contributed by atoms with E-state index in [1.165, 1.54) is 14.2 Å². The van der Waals surface area contributed by atoms with Crippen molar-refractivity contribution in [1.29, 1.82) is 0 Å². The first-order chi connectivity index (χ1) is 10.5. The zero-order valence-corrected chi connectivity index (χ0v) is 13.5. The van der Waals surface area contributed by atoms with E-state index in [1.54, 1.807) is 36.4 Å². The number of ether oxygens (including phenoxy) is 2. The Morgan fingerprint density at radius 1 is 1.00 bits per heavy atom. The molecule has 0 aromatic heterocycles. The Morgan fingerprint density at radius 3 is 2.18 bits per heavy atom. The van der Waals surface area contributed by atoms with Crippen LogP contribution in [0.2, 0.25) is 10.0 Å². The monoisotopic (exact) mass is 340 g/mol. The van der Waals surface area contributed by atoms with Gasteiger partial charge in [0.2, 0.25) is 0 Å². The minimum Gasteiger partial charge on any atom is -0.494 e. The van der Waals surface area contributed by atoms with Crippen molar-refractivity contribution in [2.24, 2.45) is 0 Å². The number of carbonyl (C=O) groups excluding carboxylic acids is 1. The first-order valence-corrected chi connectivity index (χ1v) is 7.04. The molecule has 7 heteroatoms. The van der Waals surface area contributed by atoms with Crippen LogP contribution in [0.5, 0.6) is 11.5 Å². The molecule has 2 amide bonds. The van der Waals surface area contributed by atoms with Gasteiger partial charge in [0.1, 0.15) is 17.2 Å². The fourth-order valence-electron chi connectivity index (χ4n) is 1.83. The van der Waals surface area contributed by atoms with Gasteiger partial charge in [-0.15, -0.1) is 0 Å². The highest BCUT2D eigenvalue weighted by Gasteiger charge is 2.14. The summed E-state index contributed by atoms with van der Waals surface area (Å²) in [7, 11) is 3.02. The topological polar surface area (TPSA) is 59.6 Å². The van der Waals surface area contributed by atoms with E-state index in [0.717, 1.165) is 0 Å². The molecule has 5 nitrogen and oxygen atoms in total. The predicted octanol–water partition coefficient (Wildman–Crippen LogP) is 4.65. The summed E-state index contributed by atoms with van der Waals surface area (Å²) < 4.78 is 10.4. The lowest BCUT2D eigenvalue weighted by molar-refractivity contribution is 0.262. The van der Waals surface area contributed by atoms with Gasteiger partial charge in [-0.25, -0.2) is 4.79 Å². The van der Waals surface area contributed by atoms with Crippen molar-refractivity contribution in [2.75, 3.05) is 24.9 Å². The second-order valence-electron chi connectivity index (χ2n) is 4.24. The number of carbonyl (C=O) groups is 1. The molecule has 0 bridgehead atoms. The SMILES string of the molecule is COc1cccc(OC)c1NC(=O)Nc1ccc(Cl)cc1Cl. The number of para-hydroxylation sites is 1. The number of methoxy groups -OCH3 is 2. The van der Waals surface area contributed by atoms with Gasteiger partial charge in [-0.1, -0.05) is 29.3 Å². The van der Waals surface area contributed by atoms with Crippen molar-refractivity contribution >= 4 is 40.6 Å². The van der Waals surface area contributed by atoms with Gasteiger partial charge >= 0.3 is 6.03 Å². The molecule has 0 spiro atoms. The fraction of sp³-hybridized carbons (Fsp3) is 0.133. The predicted molar refractivity (Wildman–Crippen MR) is 88.6 cm³/mol. The summed E-state index contributed by atoms with van der Waals surface area (Å²) in [6.07, 6.45) is 0. The number of nitrogens with one attached hydrogen (secondary N) is 2. The van der Waals surface area contributed by atoms with Gasteiger partial charge in [0.25, 0.3) is 0 Å². The summed E-state index contributed by atoms with van der Waals surface area (Å²) in [5.74, 6) is 0.966. The van der Waals surface area contributed by atoms with Crippen LogP contribution in [0.15, 0.2) is 36.4 Å². The lowest BCUT2D eigenvalue weighted by atomic mass is 10.2. The second kappa shape index (κ2) is 7.24. The van der Waals surface area contributed by atoms with Gasteiger partial charge in [-0.3, -0.25) is 0 Å². The van der Waals surface area contributed by atoms with Crippen LogP contribution in [0, 0.1) is 0 Å². The summed E-state index contributed by atoms with van der Waals surface area (Å²) in [4.78, 5) is 12.1. The Balaban J connectivity index is 2.19. The van der Waals surface area contributed by atoms with E-state index < -0.39 is 6.03 Å². The molecule has 22 heavy (non-hydrogen) atoms. The highest BCUT2D eigenvalue weighted by molar-refractivity contribution is 6.36. The summed E-state index contributed by atoms with van der Waals surface area (Å²) in [5, 5.41) is 6.15. The fourth-order valence-corrected chi connectivity index (χ4v) is 2.29. The standard InChI is InChI=1S/C15H14Cl2N2O3/c1-21-12-4-3-5-13(22-2)14(12)19-15(20)18-11-7-6-9(16)8-10(11)17/h3-8H,1-2H3,(H2,18,19,20). The van der Waals surface area contributed by atoms with Gasteiger partial charge in [-0.2, -0.15) is 0 Å². The van der Waals surface area contributed by atoms with Gasteiger partial charge in [-0.05, 0) is 30.3 Å². The molecule has 0 saturated heterocycles. The quantitative estimate of drug-likeness (QED) is 0.851. The normalized spacial score (nSPS) is 10.0. The van der Waals surface area contributed by atoms with Crippen molar-refractivity contribution in [3.05, 3.63) is 46.4 Å². The van der Waals surface area contributed by atoms with E-state index in [9.17, 15) is 4.79 Å². The van der Waals surface area contributed by atoms with Crippen molar-refractivity contribution in [1.82, 2.24) is 0 Å². The molecule has 0 aliphatic rings. The van der Waals surface area contributed by atoms with Gasteiger partial charge in [0, 0.05) is 5.02 Å². The molecule has 0 fully saturated rings. The number of halogens is 2. The van der Waals surface area contributed by atoms with Gasteiger partial charge in [0.05, 0.1) is 24.9 Å². The van der Waals surface area contributed by atoms with Crippen LogP contribution in [-0.4, -0.2) is 20.3 Å². The molecular weight excluding hydrogens is 327 g/mol. The Labute approximate surface area is 138 Å². The Kier molecular flexibility index (Phi) is 5.35. The maximum Gasteiger partial charge on any atom is 0.323 e. The molecule has 0 saturated carbocycles. The van der Waals surface area contributed by atoms with Gasteiger partial charge < -0.3 is 20.1 Å². The van der Waals surface area contributed by atoms with E-state index in [1.807, 2.05) is 0 Å². The third kappa shape index (κ3) is 3.75. The molecular formula is C15H14Cl2N2O3. The number of anilines is 2. The zero-order valence-electron chi connectivity index (χ0n) is 11.9.